The van der Waals surface area contributed by atoms with Gasteiger partial charge in [0.15, 0.2) is 0 Å². The Morgan fingerprint density at radius 3 is 2.62 bits per heavy atom. The summed E-state index contributed by atoms with van der Waals surface area (Å²) >= 11 is 5.84. The molecule has 0 spiro atoms. The van der Waals surface area contributed by atoms with Gasteiger partial charge >= 0.3 is 0 Å². The largest absolute Gasteiger partial charge is 0.493 e. The molecule has 0 heterocycles. The highest BCUT2D eigenvalue weighted by Crippen LogP contribution is 2.17. The number of aliphatic hydroxyl groups is 1. The van der Waals surface area contributed by atoms with Crippen LogP contribution in [0.15, 0.2) is 48.5 Å². The highest BCUT2D eigenvalue weighted by molar-refractivity contribution is 6.30. The maximum Gasteiger partial charge on any atom is 0.227 e. The minimum Gasteiger partial charge on any atom is -0.493 e. The van der Waals surface area contributed by atoms with Gasteiger partial charge in [0.2, 0.25) is 5.91 Å². The van der Waals surface area contributed by atoms with Crippen molar-refractivity contribution in [2.45, 2.75) is 13.0 Å². The molecule has 2 rings (SSSR count). The van der Waals surface area contributed by atoms with Gasteiger partial charge in [-0.25, -0.2) is 0 Å². The van der Waals surface area contributed by atoms with Crippen molar-refractivity contribution in [3.05, 3.63) is 59.1 Å². The number of carbonyl (C=O) groups excluding carboxylic acids is 1. The van der Waals surface area contributed by atoms with E-state index in [4.69, 9.17) is 21.4 Å². The van der Waals surface area contributed by atoms with Gasteiger partial charge in [-0.1, -0.05) is 29.8 Å². The van der Waals surface area contributed by atoms with Crippen LogP contribution in [0.4, 0.5) is 5.69 Å². The first-order chi connectivity index (χ1) is 10.2. The summed E-state index contributed by atoms with van der Waals surface area (Å²) < 4.78 is 5.45. The Bertz CT molecular complexity index is 599. The molecule has 2 N–H and O–H groups in total. The van der Waals surface area contributed by atoms with Gasteiger partial charge in [-0.15, -0.1) is 0 Å². The number of halogens is 1. The standard InChI is InChI=1S/C16H16ClNO3/c17-13-2-1-3-15(10-13)21-9-8-16(20)18-14-6-4-12(11-19)5-7-14/h1-7,10,19H,8-9,11H2,(H,18,20). The van der Waals surface area contributed by atoms with E-state index < -0.39 is 0 Å². The van der Waals surface area contributed by atoms with Crippen molar-refractivity contribution >= 4 is 23.2 Å². The first-order valence-corrected chi connectivity index (χ1v) is 6.93. The molecule has 0 aliphatic carbocycles. The molecule has 0 radical (unpaired) electrons. The molecule has 0 fully saturated rings. The Kier molecular flexibility index (Phi) is 5.60. The van der Waals surface area contributed by atoms with Gasteiger partial charge in [-0.05, 0) is 35.9 Å². The number of anilines is 1. The molecule has 0 saturated heterocycles. The second kappa shape index (κ2) is 7.67. The van der Waals surface area contributed by atoms with E-state index >= 15 is 0 Å². The molecule has 110 valence electrons. The lowest BCUT2D eigenvalue weighted by atomic mass is 10.2. The van der Waals surface area contributed by atoms with Crippen LogP contribution in [0.2, 0.25) is 5.02 Å². The third-order valence-electron chi connectivity index (χ3n) is 2.81. The quantitative estimate of drug-likeness (QED) is 0.861. The Labute approximate surface area is 128 Å². The van der Waals surface area contributed by atoms with Crippen molar-refractivity contribution in [3.63, 3.8) is 0 Å². The fourth-order valence-corrected chi connectivity index (χ4v) is 1.92. The molecule has 2 aromatic rings. The number of amides is 1. The van der Waals surface area contributed by atoms with E-state index in [0.717, 1.165) is 5.56 Å². The zero-order valence-corrected chi connectivity index (χ0v) is 12.1. The van der Waals surface area contributed by atoms with Crippen molar-refractivity contribution < 1.29 is 14.6 Å². The van der Waals surface area contributed by atoms with Gasteiger partial charge in [-0.2, -0.15) is 0 Å². The van der Waals surface area contributed by atoms with Crippen LogP contribution in [0, 0.1) is 0 Å². The fourth-order valence-electron chi connectivity index (χ4n) is 1.74. The second-order valence-corrected chi connectivity index (χ2v) is 4.90. The number of benzene rings is 2. The Balaban J connectivity index is 1.76. The lowest BCUT2D eigenvalue weighted by molar-refractivity contribution is -0.116. The van der Waals surface area contributed by atoms with E-state index in [1.54, 1.807) is 48.5 Å². The Morgan fingerprint density at radius 2 is 1.95 bits per heavy atom. The van der Waals surface area contributed by atoms with Crippen LogP contribution in [-0.4, -0.2) is 17.6 Å². The van der Waals surface area contributed by atoms with E-state index in [2.05, 4.69) is 5.32 Å². The molecular weight excluding hydrogens is 290 g/mol. The number of rotatable bonds is 6. The summed E-state index contributed by atoms with van der Waals surface area (Å²) in [4.78, 5) is 11.8. The smallest absolute Gasteiger partial charge is 0.227 e. The molecule has 0 atom stereocenters. The van der Waals surface area contributed by atoms with Crippen molar-refractivity contribution in [3.8, 4) is 5.75 Å². The summed E-state index contributed by atoms with van der Waals surface area (Å²) in [6.07, 6.45) is 0.244. The van der Waals surface area contributed by atoms with Gasteiger partial charge in [-0.3, -0.25) is 4.79 Å². The zero-order chi connectivity index (χ0) is 15.1. The van der Waals surface area contributed by atoms with Gasteiger partial charge in [0.05, 0.1) is 19.6 Å². The monoisotopic (exact) mass is 305 g/mol. The van der Waals surface area contributed by atoms with Crippen LogP contribution in [0.25, 0.3) is 0 Å². The fraction of sp³-hybridized carbons (Fsp3) is 0.188. The molecule has 1 amide bonds. The summed E-state index contributed by atoms with van der Waals surface area (Å²) in [5.74, 6) is 0.511. The van der Waals surface area contributed by atoms with Crippen molar-refractivity contribution in [2.75, 3.05) is 11.9 Å². The molecule has 0 aliphatic heterocycles. The molecule has 0 aromatic heterocycles. The number of hydrogen-bond acceptors (Lipinski definition) is 3. The van der Waals surface area contributed by atoms with E-state index in [9.17, 15) is 4.79 Å². The third-order valence-corrected chi connectivity index (χ3v) is 3.05. The highest BCUT2D eigenvalue weighted by atomic mass is 35.5. The number of carbonyl (C=O) groups is 1. The van der Waals surface area contributed by atoms with Gasteiger partial charge in [0.1, 0.15) is 5.75 Å². The topological polar surface area (TPSA) is 58.6 Å². The SMILES string of the molecule is O=C(CCOc1cccc(Cl)c1)Nc1ccc(CO)cc1. The van der Waals surface area contributed by atoms with Crippen LogP contribution in [0.1, 0.15) is 12.0 Å². The minimum absolute atomic E-state index is 0.0122. The van der Waals surface area contributed by atoms with Crippen molar-refractivity contribution in [1.29, 1.82) is 0 Å². The predicted octanol–water partition coefficient (Wildman–Crippen LogP) is 3.24. The molecule has 0 aliphatic rings. The van der Waals surface area contributed by atoms with Gasteiger partial charge in [0.25, 0.3) is 0 Å². The average Bonchev–Trinajstić information content (AvgIpc) is 2.48. The van der Waals surface area contributed by atoms with Crippen LogP contribution in [-0.2, 0) is 11.4 Å². The zero-order valence-electron chi connectivity index (χ0n) is 11.4. The minimum atomic E-state index is -0.131. The maximum absolute atomic E-state index is 11.8. The Hall–Kier alpha value is -2.04. The van der Waals surface area contributed by atoms with Crippen LogP contribution in [0.3, 0.4) is 0 Å². The van der Waals surface area contributed by atoms with E-state index in [1.807, 2.05) is 0 Å². The maximum atomic E-state index is 11.8. The summed E-state index contributed by atoms with van der Waals surface area (Å²) in [5.41, 5.74) is 1.50. The van der Waals surface area contributed by atoms with E-state index in [0.29, 0.717) is 16.5 Å². The molecule has 0 unspecified atom stereocenters. The Morgan fingerprint density at radius 1 is 1.19 bits per heavy atom. The van der Waals surface area contributed by atoms with Crippen LogP contribution >= 0.6 is 11.6 Å². The van der Waals surface area contributed by atoms with Crippen LogP contribution < -0.4 is 10.1 Å². The predicted molar refractivity (Wildman–Crippen MR) is 82.6 cm³/mol. The van der Waals surface area contributed by atoms with Gasteiger partial charge in [0, 0.05) is 10.7 Å². The van der Waals surface area contributed by atoms with Crippen molar-refractivity contribution in [2.24, 2.45) is 0 Å². The first kappa shape index (κ1) is 15.4. The van der Waals surface area contributed by atoms with Crippen LogP contribution in [0.5, 0.6) is 5.75 Å². The first-order valence-electron chi connectivity index (χ1n) is 6.55. The summed E-state index contributed by atoms with van der Waals surface area (Å²) in [6.45, 7) is 0.266. The van der Waals surface area contributed by atoms with Crippen molar-refractivity contribution in [1.82, 2.24) is 0 Å². The van der Waals surface area contributed by atoms with E-state index in [1.165, 1.54) is 0 Å². The highest BCUT2D eigenvalue weighted by Gasteiger charge is 2.03. The molecule has 4 nitrogen and oxygen atoms in total. The lowest BCUT2D eigenvalue weighted by Gasteiger charge is -2.08. The molecule has 0 bridgehead atoms. The second-order valence-electron chi connectivity index (χ2n) is 4.46. The third kappa shape index (κ3) is 5.10. The molecule has 0 saturated carbocycles. The molecular formula is C16H16ClNO3. The van der Waals surface area contributed by atoms with E-state index in [-0.39, 0.29) is 25.5 Å². The molecule has 5 heteroatoms. The summed E-state index contributed by atoms with van der Waals surface area (Å²) in [6, 6.07) is 14.1. The number of ether oxygens (including phenoxy) is 1. The molecule has 2 aromatic carbocycles. The lowest BCUT2D eigenvalue weighted by Crippen LogP contribution is -2.15. The number of aliphatic hydroxyl groups excluding tert-OH is 1. The normalized spacial score (nSPS) is 10.2. The number of nitrogens with one attached hydrogen (secondary N) is 1. The molecule has 21 heavy (non-hydrogen) atoms. The number of hydrogen-bond donors (Lipinski definition) is 2. The van der Waals surface area contributed by atoms with Gasteiger partial charge < -0.3 is 15.2 Å². The average molecular weight is 306 g/mol. The summed E-state index contributed by atoms with van der Waals surface area (Å²) in [5, 5.41) is 12.3. The summed E-state index contributed by atoms with van der Waals surface area (Å²) in [7, 11) is 0.